The number of carbonyl (C=O) groups is 1. The first-order valence-electron chi connectivity index (χ1n) is 7.69. The van der Waals surface area contributed by atoms with Crippen molar-refractivity contribution in [2.45, 2.75) is 6.10 Å². The van der Waals surface area contributed by atoms with Gasteiger partial charge in [-0.15, -0.1) is 0 Å². The van der Waals surface area contributed by atoms with E-state index in [9.17, 15) is 4.79 Å². The third kappa shape index (κ3) is 4.93. The SMILES string of the molecule is B=C(Oc1ccc(/C=C/C(=O)OCC2CO2)cc1)c1ccccc1. The van der Waals surface area contributed by atoms with E-state index in [2.05, 4.69) is 7.49 Å². The molecule has 1 aliphatic rings. The van der Waals surface area contributed by atoms with E-state index in [1.54, 1.807) is 6.08 Å². The Hall–Kier alpha value is -2.66. The number of hydrogen-bond donors (Lipinski definition) is 0. The predicted octanol–water partition coefficient (Wildman–Crippen LogP) is 2.10. The molecule has 2 aromatic rings. The average Bonchev–Trinajstić information content (AvgIpc) is 3.44. The first-order valence-corrected chi connectivity index (χ1v) is 7.69. The fourth-order valence-electron chi connectivity index (χ4n) is 2.02. The van der Waals surface area contributed by atoms with Crippen LogP contribution in [0.1, 0.15) is 11.1 Å². The van der Waals surface area contributed by atoms with Crippen LogP contribution in [0.5, 0.6) is 5.75 Å². The standard InChI is InChI=1S/C19H17BO4/c20-19(15-4-2-1-3-5-15)24-16-9-6-14(7-10-16)8-11-18(21)23-13-17-12-22-17/h1-11,17,20H,12-13H2/b11-8+. The van der Waals surface area contributed by atoms with Gasteiger partial charge in [0.25, 0.3) is 0 Å². The predicted molar refractivity (Wildman–Crippen MR) is 94.5 cm³/mol. The summed E-state index contributed by atoms with van der Waals surface area (Å²) in [7, 11) is 3.93. The molecule has 0 bridgehead atoms. The zero-order valence-corrected chi connectivity index (χ0v) is 13.2. The molecule has 1 fully saturated rings. The normalized spacial score (nSPS) is 15.9. The molecule has 3 rings (SSSR count). The number of ether oxygens (including phenoxy) is 3. The molecule has 4 nitrogen and oxygen atoms in total. The van der Waals surface area contributed by atoms with Crippen LogP contribution in [0.15, 0.2) is 60.7 Å². The van der Waals surface area contributed by atoms with Crippen LogP contribution < -0.4 is 4.74 Å². The quantitative estimate of drug-likeness (QED) is 0.339. The van der Waals surface area contributed by atoms with E-state index in [1.807, 2.05) is 54.6 Å². The summed E-state index contributed by atoms with van der Waals surface area (Å²) in [5, 5.41) is 0. The number of hydrogen-bond acceptors (Lipinski definition) is 4. The van der Waals surface area contributed by atoms with Crippen LogP contribution in [-0.4, -0.2) is 38.4 Å². The Morgan fingerprint density at radius 2 is 1.88 bits per heavy atom. The molecule has 0 radical (unpaired) electrons. The van der Waals surface area contributed by atoms with E-state index < -0.39 is 0 Å². The van der Waals surface area contributed by atoms with Crippen LogP contribution in [0.4, 0.5) is 0 Å². The van der Waals surface area contributed by atoms with Crippen molar-refractivity contribution < 1.29 is 19.0 Å². The molecule has 0 amide bonds. The summed E-state index contributed by atoms with van der Waals surface area (Å²) < 4.78 is 15.7. The molecule has 1 heterocycles. The van der Waals surface area contributed by atoms with Crippen molar-refractivity contribution in [3.63, 3.8) is 0 Å². The van der Waals surface area contributed by atoms with Gasteiger partial charge in [0.1, 0.15) is 0 Å². The summed E-state index contributed by atoms with van der Waals surface area (Å²) in [4.78, 5) is 11.5. The molecule has 1 saturated heterocycles. The Morgan fingerprint density at radius 1 is 1.17 bits per heavy atom. The van der Waals surface area contributed by atoms with Gasteiger partial charge >= 0.3 is 130 Å². The van der Waals surface area contributed by atoms with Crippen molar-refractivity contribution in [1.82, 2.24) is 0 Å². The average molecular weight is 320 g/mol. The van der Waals surface area contributed by atoms with Gasteiger partial charge in [-0.25, -0.2) is 0 Å². The van der Waals surface area contributed by atoms with Crippen LogP contribution in [0, 0.1) is 0 Å². The minimum atomic E-state index is -0.372. The third-order valence-corrected chi connectivity index (χ3v) is 3.44. The van der Waals surface area contributed by atoms with E-state index in [4.69, 9.17) is 14.2 Å². The van der Waals surface area contributed by atoms with Crippen molar-refractivity contribution >= 4 is 25.2 Å². The summed E-state index contributed by atoms with van der Waals surface area (Å²) in [5.74, 6) is 0.317. The van der Waals surface area contributed by atoms with Crippen LogP contribution in [0.25, 0.3) is 6.08 Å². The van der Waals surface area contributed by atoms with Crippen molar-refractivity contribution in [2.24, 2.45) is 0 Å². The maximum absolute atomic E-state index is 11.5. The molecular weight excluding hydrogens is 303 g/mol. The van der Waals surface area contributed by atoms with Crippen LogP contribution >= 0.6 is 0 Å². The fourth-order valence-corrected chi connectivity index (χ4v) is 2.02. The number of rotatable bonds is 7. The van der Waals surface area contributed by atoms with E-state index >= 15 is 0 Å². The van der Waals surface area contributed by atoms with Crippen molar-refractivity contribution in [2.75, 3.05) is 13.2 Å². The summed E-state index contributed by atoms with van der Waals surface area (Å²) in [6, 6.07) is 17.1. The molecule has 24 heavy (non-hydrogen) atoms. The first-order chi connectivity index (χ1) is 11.7. The van der Waals surface area contributed by atoms with Gasteiger partial charge in [-0.3, -0.25) is 0 Å². The molecule has 0 saturated carbocycles. The second kappa shape index (κ2) is 7.75. The second-order valence-corrected chi connectivity index (χ2v) is 5.38. The first kappa shape index (κ1) is 16.2. The van der Waals surface area contributed by atoms with Gasteiger partial charge in [0.15, 0.2) is 0 Å². The van der Waals surface area contributed by atoms with Crippen LogP contribution in [0.2, 0.25) is 0 Å². The molecule has 1 atom stereocenters. The van der Waals surface area contributed by atoms with E-state index in [0.717, 1.165) is 11.1 Å². The Balaban J connectivity index is 1.52. The Labute approximate surface area is 141 Å². The molecule has 1 unspecified atom stereocenters. The Morgan fingerprint density at radius 3 is 2.54 bits per heavy atom. The topological polar surface area (TPSA) is 48.1 Å². The monoisotopic (exact) mass is 320 g/mol. The third-order valence-electron chi connectivity index (χ3n) is 3.44. The molecular formula is C19H17BO4. The van der Waals surface area contributed by atoms with E-state index in [1.165, 1.54) is 6.08 Å². The van der Waals surface area contributed by atoms with Gasteiger partial charge in [-0.05, 0) is 0 Å². The molecule has 1 aliphatic heterocycles. The number of benzene rings is 2. The molecule has 0 aliphatic carbocycles. The number of carbonyl (C=O) groups excluding carboxylic acids is 1. The summed E-state index contributed by atoms with van der Waals surface area (Å²) in [6.45, 7) is 0.990. The Bertz CT molecular complexity index is 734. The second-order valence-electron chi connectivity index (χ2n) is 5.38. The minimum absolute atomic E-state index is 0.0801. The summed E-state index contributed by atoms with van der Waals surface area (Å²) in [5.41, 5.74) is 2.40. The number of epoxide rings is 1. The zero-order chi connectivity index (χ0) is 16.8. The van der Waals surface area contributed by atoms with Crippen molar-refractivity contribution in [1.29, 1.82) is 0 Å². The van der Waals surface area contributed by atoms with Crippen LogP contribution in [-0.2, 0) is 14.3 Å². The van der Waals surface area contributed by atoms with Crippen molar-refractivity contribution in [3.8, 4) is 5.75 Å². The van der Waals surface area contributed by atoms with Gasteiger partial charge in [0, 0.05) is 0 Å². The molecule has 0 aromatic heterocycles. The summed E-state index contributed by atoms with van der Waals surface area (Å²) >= 11 is 0. The van der Waals surface area contributed by atoms with Crippen molar-refractivity contribution in [3.05, 3.63) is 71.8 Å². The maximum atomic E-state index is 11.5. The van der Waals surface area contributed by atoms with Gasteiger partial charge < -0.3 is 4.74 Å². The molecule has 2 aromatic carbocycles. The number of esters is 1. The molecule has 0 spiro atoms. The molecule has 0 N–H and O–H groups in total. The zero-order valence-electron chi connectivity index (χ0n) is 13.2. The van der Waals surface area contributed by atoms with Gasteiger partial charge in [-0.1, -0.05) is 0 Å². The molecule has 5 heteroatoms. The molecule has 120 valence electrons. The fraction of sp³-hybridized carbons (Fsp3) is 0.158. The van der Waals surface area contributed by atoms with Gasteiger partial charge in [0.05, 0.1) is 6.61 Å². The van der Waals surface area contributed by atoms with Gasteiger partial charge in [0.2, 0.25) is 0 Å². The summed E-state index contributed by atoms with van der Waals surface area (Å²) in [6.07, 6.45) is 3.18. The van der Waals surface area contributed by atoms with E-state index in [-0.39, 0.29) is 12.1 Å². The Kier molecular flexibility index (Phi) is 5.23. The van der Waals surface area contributed by atoms with Gasteiger partial charge in [-0.2, -0.15) is 0 Å². The van der Waals surface area contributed by atoms with E-state index in [0.29, 0.717) is 24.6 Å². The van der Waals surface area contributed by atoms with Crippen LogP contribution in [0.3, 0.4) is 0 Å².